The van der Waals surface area contributed by atoms with Gasteiger partial charge in [-0.1, -0.05) is 239 Å². The third-order valence-corrected chi connectivity index (χ3v) is 10.9. The van der Waals surface area contributed by atoms with Crippen molar-refractivity contribution in [2.45, 2.75) is 226 Å². The van der Waals surface area contributed by atoms with Crippen LogP contribution in [0.5, 0.6) is 0 Å². The number of carbonyl (C=O) groups is 3. The Morgan fingerprint density at radius 2 is 0.621 bits per heavy atom. The maximum absolute atomic E-state index is 12.8. The van der Waals surface area contributed by atoms with Crippen LogP contribution in [0.25, 0.3) is 0 Å². The number of carbonyl (C=O) groups excluding carboxylic acids is 3. The van der Waals surface area contributed by atoms with Gasteiger partial charge in [0.2, 0.25) is 0 Å². The van der Waals surface area contributed by atoms with E-state index in [0.29, 0.717) is 19.3 Å². The average Bonchev–Trinajstić information content (AvgIpc) is 3.31. The lowest BCUT2D eigenvalue weighted by molar-refractivity contribution is -0.167. The Labute approximate surface area is 405 Å². The lowest BCUT2D eigenvalue weighted by atomic mass is 10.1. The fourth-order valence-electron chi connectivity index (χ4n) is 6.87. The molecule has 0 aromatic carbocycles. The van der Waals surface area contributed by atoms with Gasteiger partial charge >= 0.3 is 17.9 Å². The number of rotatable bonds is 46. The Morgan fingerprint density at radius 1 is 0.318 bits per heavy atom. The second-order valence-electron chi connectivity index (χ2n) is 17.3. The van der Waals surface area contributed by atoms with E-state index in [2.05, 4.69) is 118 Å². The molecule has 1 atom stereocenters. The van der Waals surface area contributed by atoms with Crippen LogP contribution in [-0.2, 0) is 28.6 Å². The van der Waals surface area contributed by atoms with Crippen LogP contribution in [0.2, 0.25) is 0 Å². The zero-order valence-electron chi connectivity index (χ0n) is 42.4. The number of hydrogen-bond acceptors (Lipinski definition) is 6. The first kappa shape index (κ1) is 61.8. The average molecular weight is 913 g/mol. The molecule has 66 heavy (non-hydrogen) atoms. The predicted octanol–water partition coefficient (Wildman–Crippen LogP) is 17.7. The third kappa shape index (κ3) is 50.8. The molecule has 6 nitrogen and oxygen atoms in total. The van der Waals surface area contributed by atoms with Gasteiger partial charge in [0, 0.05) is 19.3 Å². The van der Waals surface area contributed by atoms with Crippen molar-refractivity contribution in [1.82, 2.24) is 0 Å². The fourth-order valence-corrected chi connectivity index (χ4v) is 6.87. The monoisotopic (exact) mass is 913 g/mol. The molecule has 0 amide bonds. The molecule has 0 bridgehead atoms. The molecule has 0 radical (unpaired) electrons. The molecule has 0 fully saturated rings. The Bertz CT molecular complexity index is 1420. The van der Waals surface area contributed by atoms with Crippen LogP contribution in [0.3, 0.4) is 0 Å². The summed E-state index contributed by atoms with van der Waals surface area (Å²) in [6.07, 6.45) is 73.1. The van der Waals surface area contributed by atoms with Gasteiger partial charge in [-0.3, -0.25) is 14.4 Å². The first-order valence-corrected chi connectivity index (χ1v) is 26.7. The molecule has 1 unspecified atom stereocenters. The van der Waals surface area contributed by atoms with Gasteiger partial charge in [0.25, 0.3) is 0 Å². The number of esters is 3. The Balaban J connectivity index is 4.50. The summed E-state index contributed by atoms with van der Waals surface area (Å²) in [6, 6.07) is 0. The molecule has 6 heteroatoms. The van der Waals surface area contributed by atoms with E-state index in [1.54, 1.807) is 0 Å². The zero-order chi connectivity index (χ0) is 47.9. The molecule has 0 spiro atoms. The second-order valence-corrected chi connectivity index (χ2v) is 17.3. The van der Waals surface area contributed by atoms with Crippen molar-refractivity contribution in [3.8, 4) is 0 Å². The summed E-state index contributed by atoms with van der Waals surface area (Å²) in [5.41, 5.74) is 0. The van der Waals surface area contributed by atoms with E-state index < -0.39 is 6.10 Å². The van der Waals surface area contributed by atoms with Gasteiger partial charge in [-0.2, -0.15) is 0 Å². The second kappa shape index (κ2) is 53.4. The van der Waals surface area contributed by atoms with Gasteiger partial charge in [-0.25, -0.2) is 0 Å². The van der Waals surface area contributed by atoms with Crippen LogP contribution in [0.4, 0.5) is 0 Å². The molecular weight excluding hydrogens is 817 g/mol. The minimum atomic E-state index is -0.804. The maximum Gasteiger partial charge on any atom is 0.306 e. The summed E-state index contributed by atoms with van der Waals surface area (Å²) in [6.45, 7) is 6.34. The van der Waals surface area contributed by atoms with Gasteiger partial charge in [0.1, 0.15) is 13.2 Å². The van der Waals surface area contributed by atoms with Gasteiger partial charge in [0.15, 0.2) is 6.10 Å². The standard InChI is InChI=1S/C60H96O6/c1-4-7-10-13-16-19-22-25-28-29-30-33-35-38-41-44-47-50-53-59(62)65-56-57(66-60(63)54-51-48-45-42-39-36-32-27-24-21-18-15-12-9-6-3)55-64-58(61)52-49-46-43-40-37-34-31-26-23-20-17-14-11-8-5-2/h9-10,12-13,15-26,28-30,33,57H,4-8,11,14,27,31-32,34-56H2,1-3H3/b12-9-,13-10-,18-15-,19-16-,20-17-,24-21-,25-22-,26-23-,29-28-,33-30-. The molecule has 0 aromatic rings. The van der Waals surface area contributed by atoms with Crippen LogP contribution in [0.1, 0.15) is 220 Å². The van der Waals surface area contributed by atoms with E-state index in [4.69, 9.17) is 14.2 Å². The first-order chi connectivity index (χ1) is 32.5. The predicted molar refractivity (Wildman–Crippen MR) is 283 cm³/mol. The number of allylic oxidation sites excluding steroid dienone is 20. The van der Waals surface area contributed by atoms with E-state index >= 15 is 0 Å². The van der Waals surface area contributed by atoms with Crippen LogP contribution in [-0.4, -0.2) is 37.2 Å². The van der Waals surface area contributed by atoms with Crippen molar-refractivity contribution in [2.24, 2.45) is 0 Å². The number of unbranched alkanes of at least 4 members (excludes halogenated alkanes) is 22. The topological polar surface area (TPSA) is 78.9 Å². The molecule has 372 valence electrons. The Morgan fingerprint density at radius 3 is 1.00 bits per heavy atom. The number of ether oxygens (including phenoxy) is 3. The zero-order valence-corrected chi connectivity index (χ0v) is 42.4. The minimum Gasteiger partial charge on any atom is -0.462 e. The summed E-state index contributed by atoms with van der Waals surface area (Å²) in [5.74, 6) is -0.955. The summed E-state index contributed by atoms with van der Waals surface area (Å²) >= 11 is 0. The highest BCUT2D eigenvalue weighted by Crippen LogP contribution is 2.14. The number of hydrogen-bond donors (Lipinski definition) is 0. The molecule has 0 rings (SSSR count). The van der Waals surface area contributed by atoms with Crippen molar-refractivity contribution in [2.75, 3.05) is 13.2 Å². The van der Waals surface area contributed by atoms with Crippen molar-refractivity contribution in [1.29, 1.82) is 0 Å². The molecule has 0 aromatic heterocycles. The normalized spacial score (nSPS) is 13.1. The Hall–Kier alpha value is -4.19. The van der Waals surface area contributed by atoms with Gasteiger partial charge in [-0.05, 0) is 83.5 Å². The third-order valence-electron chi connectivity index (χ3n) is 10.9. The van der Waals surface area contributed by atoms with Crippen molar-refractivity contribution in [3.63, 3.8) is 0 Å². The largest absolute Gasteiger partial charge is 0.462 e. The van der Waals surface area contributed by atoms with Crippen molar-refractivity contribution < 1.29 is 28.6 Å². The molecule has 0 aliphatic heterocycles. The molecule has 0 aliphatic rings. The van der Waals surface area contributed by atoms with E-state index in [1.165, 1.54) is 64.2 Å². The molecule has 0 N–H and O–H groups in total. The van der Waals surface area contributed by atoms with Crippen LogP contribution in [0.15, 0.2) is 122 Å². The molecule has 0 saturated heterocycles. The van der Waals surface area contributed by atoms with Crippen LogP contribution < -0.4 is 0 Å². The smallest absolute Gasteiger partial charge is 0.306 e. The summed E-state index contributed by atoms with van der Waals surface area (Å²) in [7, 11) is 0. The highest BCUT2D eigenvalue weighted by Gasteiger charge is 2.19. The van der Waals surface area contributed by atoms with E-state index in [0.717, 1.165) is 116 Å². The van der Waals surface area contributed by atoms with Crippen molar-refractivity contribution in [3.05, 3.63) is 122 Å². The molecular formula is C60H96O6. The lowest BCUT2D eigenvalue weighted by Crippen LogP contribution is -2.30. The van der Waals surface area contributed by atoms with Crippen molar-refractivity contribution >= 4 is 17.9 Å². The highest BCUT2D eigenvalue weighted by atomic mass is 16.6. The SMILES string of the molecule is CC\C=C/C=C\C=C/CCCCCCCCCC(=O)OC(COC(=O)CCCCCCC\C=C/C=C\C=C/C=C\C=C/CCC)COC(=O)CCCCCCCC/C=C\C=C/CCCCC. The Kier molecular flexibility index (Phi) is 50.0. The highest BCUT2D eigenvalue weighted by molar-refractivity contribution is 5.71. The van der Waals surface area contributed by atoms with E-state index in [9.17, 15) is 14.4 Å². The van der Waals surface area contributed by atoms with Gasteiger partial charge < -0.3 is 14.2 Å². The van der Waals surface area contributed by atoms with E-state index in [1.807, 2.05) is 24.3 Å². The molecule has 0 aliphatic carbocycles. The fraction of sp³-hybridized carbons (Fsp3) is 0.617. The lowest BCUT2D eigenvalue weighted by Gasteiger charge is -2.18. The van der Waals surface area contributed by atoms with Crippen LogP contribution in [0, 0.1) is 0 Å². The minimum absolute atomic E-state index is 0.101. The first-order valence-electron chi connectivity index (χ1n) is 26.7. The quantitative estimate of drug-likeness (QED) is 0.0262. The van der Waals surface area contributed by atoms with Gasteiger partial charge in [-0.15, -0.1) is 0 Å². The van der Waals surface area contributed by atoms with Gasteiger partial charge in [0.05, 0.1) is 0 Å². The van der Waals surface area contributed by atoms with Crippen LogP contribution >= 0.6 is 0 Å². The molecule has 0 heterocycles. The van der Waals surface area contributed by atoms with E-state index in [-0.39, 0.29) is 31.1 Å². The summed E-state index contributed by atoms with van der Waals surface area (Å²) in [4.78, 5) is 38.1. The maximum atomic E-state index is 12.8. The summed E-state index contributed by atoms with van der Waals surface area (Å²) < 4.78 is 16.8. The molecule has 0 saturated carbocycles. The summed E-state index contributed by atoms with van der Waals surface area (Å²) in [5, 5.41) is 0.